The number of nitrogens with zero attached hydrogens (tertiary/aromatic N) is 1. The first-order valence-electron chi connectivity index (χ1n) is 7.16. The van der Waals surface area contributed by atoms with Gasteiger partial charge in [-0.05, 0) is 36.1 Å². The first kappa shape index (κ1) is 13.4. The largest absolute Gasteiger partial charge is 0.478 e. The smallest absolute Gasteiger partial charge is 0.221 e. The third-order valence-electron chi connectivity index (χ3n) is 3.35. The molecule has 3 heteroatoms. The van der Waals surface area contributed by atoms with Crippen molar-refractivity contribution in [1.29, 1.82) is 0 Å². The summed E-state index contributed by atoms with van der Waals surface area (Å²) in [5.41, 5.74) is 2.33. The summed E-state index contributed by atoms with van der Waals surface area (Å²) in [6.45, 7) is 3.39. The van der Waals surface area contributed by atoms with Crippen LogP contribution in [0.25, 0.3) is 10.8 Å². The molecule has 1 aromatic heterocycles. The second kappa shape index (κ2) is 6.27. The number of ether oxygens (including phenoxy) is 1. The standard InChI is InChI=1S/C18H18N2O/c1-2-21-18-17-12-16(9-8-15(17)10-11-19-18)20-13-14-6-4-3-5-7-14/h3-12,20H,2,13H2,1H3. The molecule has 0 amide bonds. The molecule has 0 aliphatic carbocycles. The number of hydrogen-bond donors (Lipinski definition) is 1. The van der Waals surface area contributed by atoms with Crippen molar-refractivity contribution in [1.82, 2.24) is 4.98 Å². The van der Waals surface area contributed by atoms with Gasteiger partial charge in [0.15, 0.2) is 0 Å². The van der Waals surface area contributed by atoms with Crippen LogP contribution >= 0.6 is 0 Å². The van der Waals surface area contributed by atoms with Gasteiger partial charge in [-0.25, -0.2) is 4.98 Å². The highest BCUT2D eigenvalue weighted by Gasteiger charge is 2.04. The van der Waals surface area contributed by atoms with Crippen LogP contribution in [0.3, 0.4) is 0 Å². The van der Waals surface area contributed by atoms with E-state index in [4.69, 9.17) is 4.74 Å². The Morgan fingerprint density at radius 3 is 2.71 bits per heavy atom. The van der Waals surface area contributed by atoms with Crippen molar-refractivity contribution >= 4 is 16.5 Å². The zero-order valence-corrected chi connectivity index (χ0v) is 12.0. The Balaban J connectivity index is 1.84. The summed E-state index contributed by atoms with van der Waals surface area (Å²) in [5.74, 6) is 0.693. The van der Waals surface area contributed by atoms with E-state index in [1.54, 1.807) is 6.20 Å². The molecule has 2 aromatic carbocycles. The lowest BCUT2D eigenvalue weighted by Crippen LogP contribution is -2.00. The molecule has 1 heterocycles. The highest BCUT2D eigenvalue weighted by atomic mass is 16.5. The molecule has 0 saturated heterocycles. The minimum atomic E-state index is 0.619. The summed E-state index contributed by atoms with van der Waals surface area (Å²) in [4.78, 5) is 4.31. The SMILES string of the molecule is CCOc1nccc2ccc(NCc3ccccc3)cc12. The van der Waals surface area contributed by atoms with Gasteiger partial charge in [-0.2, -0.15) is 0 Å². The normalized spacial score (nSPS) is 10.5. The topological polar surface area (TPSA) is 34.1 Å². The molecule has 0 radical (unpaired) electrons. The lowest BCUT2D eigenvalue weighted by atomic mass is 10.1. The van der Waals surface area contributed by atoms with Crippen LogP contribution in [0.1, 0.15) is 12.5 Å². The number of rotatable bonds is 5. The average Bonchev–Trinajstić information content (AvgIpc) is 2.54. The van der Waals surface area contributed by atoms with Gasteiger partial charge in [0.25, 0.3) is 0 Å². The molecule has 0 bridgehead atoms. The van der Waals surface area contributed by atoms with Gasteiger partial charge in [-0.15, -0.1) is 0 Å². The Morgan fingerprint density at radius 2 is 1.90 bits per heavy atom. The minimum Gasteiger partial charge on any atom is -0.478 e. The first-order chi connectivity index (χ1) is 10.4. The summed E-state index contributed by atoms with van der Waals surface area (Å²) >= 11 is 0. The van der Waals surface area contributed by atoms with Crippen LogP contribution in [0.5, 0.6) is 5.88 Å². The Labute approximate surface area is 124 Å². The third kappa shape index (κ3) is 3.14. The van der Waals surface area contributed by atoms with Gasteiger partial charge < -0.3 is 10.1 Å². The maximum absolute atomic E-state index is 5.60. The van der Waals surface area contributed by atoms with Gasteiger partial charge in [0.2, 0.25) is 5.88 Å². The van der Waals surface area contributed by atoms with E-state index >= 15 is 0 Å². The fourth-order valence-electron chi connectivity index (χ4n) is 2.30. The summed E-state index contributed by atoms with van der Waals surface area (Å²) in [7, 11) is 0. The summed E-state index contributed by atoms with van der Waals surface area (Å²) in [6, 6.07) is 18.6. The van der Waals surface area contributed by atoms with Crippen LogP contribution in [0.15, 0.2) is 60.8 Å². The quantitative estimate of drug-likeness (QED) is 0.757. The number of pyridine rings is 1. The second-order valence-electron chi connectivity index (χ2n) is 4.82. The fourth-order valence-corrected chi connectivity index (χ4v) is 2.30. The fraction of sp³-hybridized carbons (Fsp3) is 0.167. The van der Waals surface area contributed by atoms with Gasteiger partial charge in [0, 0.05) is 23.8 Å². The molecule has 1 N–H and O–H groups in total. The molecule has 106 valence electrons. The maximum Gasteiger partial charge on any atom is 0.221 e. The van der Waals surface area contributed by atoms with Crippen LogP contribution in [0, 0.1) is 0 Å². The van der Waals surface area contributed by atoms with Gasteiger partial charge in [0.1, 0.15) is 0 Å². The van der Waals surface area contributed by atoms with Gasteiger partial charge in [-0.3, -0.25) is 0 Å². The molecular formula is C18H18N2O. The molecule has 21 heavy (non-hydrogen) atoms. The zero-order valence-electron chi connectivity index (χ0n) is 12.0. The Morgan fingerprint density at radius 1 is 1.05 bits per heavy atom. The van der Waals surface area contributed by atoms with E-state index in [1.165, 1.54) is 5.56 Å². The Kier molecular flexibility index (Phi) is 4.01. The van der Waals surface area contributed by atoms with Crippen molar-refractivity contribution in [2.75, 3.05) is 11.9 Å². The molecule has 3 aromatic rings. The maximum atomic E-state index is 5.60. The van der Waals surface area contributed by atoms with Crippen LogP contribution in [0.4, 0.5) is 5.69 Å². The van der Waals surface area contributed by atoms with E-state index in [9.17, 15) is 0 Å². The van der Waals surface area contributed by atoms with Crippen LogP contribution < -0.4 is 10.1 Å². The lowest BCUT2D eigenvalue weighted by Gasteiger charge is -2.10. The number of anilines is 1. The van der Waals surface area contributed by atoms with Gasteiger partial charge in [-0.1, -0.05) is 36.4 Å². The molecule has 0 aliphatic rings. The van der Waals surface area contributed by atoms with E-state index in [2.05, 4.69) is 52.8 Å². The predicted octanol–water partition coefficient (Wildman–Crippen LogP) is 4.25. The van der Waals surface area contributed by atoms with E-state index in [0.29, 0.717) is 12.5 Å². The molecule has 0 spiro atoms. The molecule has 0 unspecified atom stereocenters. The minimum absolute atomic E-state index is 0.619. The molecule has 3 nitrogen and oxygen atoms in total. The predicted molar refractivity (Wildman–Crippen MR) is 86.7 cm³/mol. The van der Waals surface area contributed by atoms with E-state index < -0.39 is 0 Å². The van der Waals surface area contributed by atoms with Crippen molar-refractivity contribution in [3.8, 4) is 5.88 Å². The number of fused-ring (bicyclic) bond motifs is 1. The molecule has 0 saturated carbocycles. The summed E-state index contributed by atoms with van der Waals surface area (Å²) in [5, 5.41) is 5.62. The summed E-state index contributed by atoms with van der Waals surface area (Å²) < 4.78 is 5.60. The number of nitrogens with one attached hydrogen (secondary N) is 1. The Hall–Kier alpha value is -2.55. The number of aromatic nitrogens is 1. The van der Waals surface area contributed by atoms with Crippen molar-refractivity contribution in [2.24, 2.45) is 0 Å². The number of benzene rings is 2. The molecular weight excluding hydrogens is 260 g/mol. The van der Waals surface area contributed by atoms with Crippen molar-refractivity contribution < 1.29 is 4.74 Å². The first-order valence-corrected chi connectivity index (χ1v) is 7.16. The van der Waals surface area contributed by atoms with Crippen molar-refractivity contribution in [2.45, 2.75) is 13.5 Å². The third-order valence-corrected chi connectivity index (χ3v) is 3.35. The van der Waals surface area contributed by atoms with E-state index in [0.717, 1.165) is 23.0 Å². The van der Waals surface area contributed by atoms with E-state index in [1.807, 2.05) is 19.1 Å². The highest BCUT2D eigenvalue weighted by Crippen LogP contribution is 2.26. The lowest BCUT2D eigenvalue weighted by molar-refractivity contribution is 0.331. The average molecular weight is 278 g/mol. The highest BCUT2D eigenvalue weighted by molar-refractivity contribution is 5.89. The van der Waals surface area contributed by atoms with Crippen LogP contribution in [-0.2, 0) is 6.54 Å². The van der Waals surface area contributed by atoms with E-state index in [-0.39, 0.29) is 0 Å². The van der Waals surface area contributed by atoms with Crippen LogP contribution in [-0.4, -0.2) is 11.6 Å². The zero-order chi connectivity index (χ0) is 14.5. The molecule has 3 rings (SSSR count). The van der Waals surface area contributed by atoms with Crippen molar-refractivity contribution in [3.05, 3.63) is 66.4 Å². The second-order valence-corrected chi connectivity index (χ2v) is 4.82. The monoisotopic (exact) mass is 278 g/mol. The van der Waals surface area contributed by atoms with Crippen molar-refractivity contribution in [3.63, 3.8) is 0 Å². The molecule has 0 aliphatic heterocycles. The summed E-state index contributed by atoms with van der Waals surface area (Å²) in [6.07, 6.45) is 1.78. The number of hydrogen-bond acceptors (Lipinski definition) is 3. The van der Waals surface area contributed by atoms with Gasteiger partial charge in [0.05, 0.1) is 6.61 Å². The molecule has 0 fully saturated rings. The van der Waals surface area contributed by atoms with Crippen LogP contribution in [0.2, 0.25) is 0 Å². The Bertz CT molecular complexity index is 726. The molecule has 0 atom stereocenters. The van der Waals surface area contributed by atoms with Gasteiger partial charge >= 0.3 is 0 Å².